The Bertz CT molecular complexity index is 879. The predicted molar refractivity (Wildman–Crippen MR) is 126 cm³/mol. The van der Waals surface area contributed by atoms with E-state index in [1.165, 1.54) is 6.42 Å². The van der Waals surface area contributed by atoms with E-state index in [0.717, 1.165) is 41.3 Å². The van der Waals surface area contributed by atoms with Gasteiger partial charge in [0, 0.05) is 17.1 Å². The van der Waals surface area contributed by atoms with Crippen LogP contribution >= 0.6 is 15.9 Å². The quantitative estimate of drug-likeness (QED) is 0.570. The summed E-state index contributed by atoms with van der Waals surface area (Å²) >= 11 is 3.44. The molecule has 0 spiro atoms. The molecular formula is C25H31BrN2O3. The first kappa shape index (κ1) is 23.3. The molecule has 1 fully saturated rings. The molecule has 2 aromatic rings. The van der Waals surface area contributed by atoms with E-state index in [-0.39, 0.29) is 24.5 Å². The normalized spacial score (nSPS) is 15.2. The third-order valence-electron chi connectivity index (χ3n) is 5.83. The Morgan fingerprint density at radius 3 is 2.45 bits per heavy atom. The van der Waals surface area contributed by atoms with Gasteiger partial charge in [0.15, 0.2) is 6.61 Å². The van der Waals surface area contributed by atoms with Gasteiger partial charge in [-0.3, -0.25) is 9.59 Å². The van der Waals surface area contributed by atoms with Crippen LogP contribution in [-0.4, -0.2) is 35.4 Å². The number of carbonyl (C=O) groups is 2. The van der Waals surface area contributed by atoms with E-state index in [4.69, 9.17) is 4.74 Å². The Balaban J connectivity index is 1.70. The van der Waals surface area contributed by atoms with E-state index in [2.05, 4.69) is 21.2 Å². The number of halogens is 1. The lowest BCUT2D eigenvalue weighted by atomic mass is 9.95. The zero-order valence-electron chi connectivity index (χ0n) is 18.3. The monoisotopic (exact) mass is 486 g/mol. The minimum atomic E-state index is -0.585. The number of carbonyl (C=O) groups excluding carboxylic acids is 2. The molecule has 0 unspecified atom stereocenters. The van der Waals surface area contributed by atoms with Crippen molar-refractivity contribution in [2.45, 2.75) is 64.6 Å². The molecule has 0 saturated heterocycles. The Morgan fingerprint density at radius 1 is 1.10 bits per heavy atom. The van der Waals surface area contributed by atoms with Crippen LogP contribution in [0.3, 0.4) is 0 Å². The fraction of sp³-hybridized carbons (Fsp3) is 0.440. The molecule has 0 aromatic heterocycles. The number of nitrogens with zero attached hydrogens (tertiary/aromatic N) is 1. The van der Waals surface area contributed by atoms with Crippen molar-refractivity contribution >= 4 is 27.7 Å². The number of rotatable bonds is 8. The molecule has 1 N–H and O–H groups in total. The van der Waals surface area contributed by atoms with E-state index in [1.54, 1.807) is 11.8 Å². The van der Waals surface area contributed by atoms with Crippen molar-refractivity contribution in [2.24, 2.45) is 0 Å². The molecule has 1 aliphatic carbocycles. The van der Waals surface area contributed by atoms with Crippen LogP contribution in [0, 0.1) is 6.92 Å². The summed E-state index contributed by atoms with van der Waals surface area (Å²) in [6.45, 7) is 3.98. The topological polar surface area (TPSA) is 58.6 Å². The molecule has 1 saturated carbocycles. The summed E-state index contributed by atoms with van der Waals surface area (Å²) in [4.78, 5) is 27.7. The molecule has 2 aromatic carbocycles. The molecule has 6 heteroatoms. The van der Waals surface area contributed by atoms with Crippen LogP contribution in [0.2, 0.25) is 0 Å². The lowest BCUT2D eigenvalue weighted by molar-refractivity contribution is -0.142. The maximum Gasteiger partial charge on any atom is 0.261 e. The Kier molecular flexibility index (Phi) is 8.52. The summed E-state index contributed by atoms with van der Waals surface area (Å²) in [6, 6.07) is 15.0. The number of aryl methyl sites for hydroxylation is 1. The highest BCUT2D eigenvalue weighted by atomic mass is 79.9. The minimum Gasteiger partial charge on any atom is -0.484 e. The largest absolute Gasteiger partial charge is 0.484 e. The average Bonchev–Trinajstić information content (AvgIpc) is 2.78. The van der Waals surface area contributed by atoms with Gasteiger partial charge >= 0.3 is 0 Å². The molecule has 3 rings (SSSR count). The van der Waals surface area contributed by atoms with Gasteiger partial charge in [0.05, 0.1) is 0 Å². The first-order chi connectivity index (χ1) is 14.9. The van der Waals surface area contributed by atoms with Crippen molar-refractivity contribution in [1.82, 2.24) is 10.2 Å². The van der Waals surface area contributed by atoms with Crippen molar-refractivity contribution in [3.05, 3.63) is 64.1 Å². The third kappa shape index (κ3) is 6.82. The predicted octanol–water partition coefficient (Wildman–Crippen LogP) is 5.00. The van der Waals surface area contributed by atoms with Gasteiger partial charge in [0.2, 0.25) is 5.91 Å². The minimum absolute atomic E-state index is 0.103. The average molecular weight is 487 g/mol. The van der Waals surface area contributed by atoms with Gasteiger partial charge in [0.1, 0.15) is 11.8 Å². The molecule has 0 aliphatic heterocycles. The van der Waals surface area contributed by atoms with Gasteiger partial charge in [-0.25, -0.2) is 0 Å². The van der Waals surface area contributed by atoms with E-state index in [1.807, 2.05) is 55.5 Å². The fourth-order valence-corrected chi connectivity index (χ4v) is 4.14. The molecule has 0 bridgehead atoms. The van der Waals surface area contributed by atoms with Gasteiger partial charge in [-0.15, -0.1) is 0 Å². The molecule has 1 aliphatic rings. The molecule has 1 atom stereocenters. The standard InChI is InChI=1S/C25H31BrN2O3/c1-18-8-6-7-11-23(18)31-17-24(29)28(16-20-12-14-21(26)15-13-20)19(2)25(30)27-22-9-4-3-5-10-22/h6-8,11-15,19,22H,3-5,9-10,16-17H2,1-2H3,(H,27,30)/t19-/m0/s1. The smallest absolute Gasteiger partial charge is 0.261 e. The number of amides is 2. The summed E-state index contributed by atoms with van der Waals surface area (Å²) in [5.74, 6) is 0.365. The molecule has 2 amide bonds. The second-order valence-corrected chi connectivity index (χ2v) is 9.14. The Labute approximate surface area is 193 Å². The Hall–Kier alpha value is -2.34. The lowest BCUT2D eigenvalue weighted by Crippen LogP contribution is -2.51. The summed E-state index contributed by atoms with van der Waals surface area (Å²) in [6.07, 6.45) is 5.54. The number of benzene rings is 2. The highest BCUT2D eigenvalue weighted by Crippen LogP contribution is 2.20. The summed E-state index contributed by atoms with van der Waals surface area (Å²) in [5, 5.41) is 3.15. The van der Waals surface area contributed by atoms with Crippen molar-refractivity contribution < 1.29 is 14.3 Å². The maximum atomic E-state index is 13.1. The van der Waals surface area contributed by atoms with Crippen LogP contribution in [-0.2, 0) is 16.1 Å². The zero-order chi connectivity index (χ0) is 22.2. The van der Waals surface area contributed by atoms with Crippen molar-refractivity contribution in [2.75, 3.05) is 6.61 Å². The number of hydrogen-bond acceptors (Lipinski definition) is 3. The second-order valence-electron chi connectivity index (χ2n) is 8.22. The second kappa shape index (κ2) is 11.3. The third-order valence-corrected chi connectivity index (χ3v) is 6.36. The number of nitrogens with one attached hydrogen (secondary N) is 1. The molecule has 0 heterocycles. The van der Waals surface area contributed by atoms with Crippen LogP contribution in [0.15, 0.2) is 53.0 Å². The van der Waals surface area contributed by atoms with Crippen LogP contribution < -0.4 is 10.1 Å². The highest BCUT2D eigenvalue weighted by Gasteiger charge is 2.28. The molecular weight excluding hydrogens is 456 g/mol. The number of hydrogen-bond donors (Lipinski definition) is 1. The van der Waals surface area contributed by atoms with E-state index < -0.39 is 6.04 Å². The van der Waals surface area contributed by atoms with Crippen LogP contribution in [0.1, 0.15) is 50.2 Å². The van der Waals surface area contributed by atoms with E-state index in [0.29, 0.717) is 12.3 Å². The number of ether oxygens (including phenoxy) is 1. The first-order valence-electron chi connectivity index (χ1n) is 11.0. The zero-order valence-corrected chi connectivity index (χ0v) is 19.9. The van der Waals surface area contributed by atoms with Crippen LogP contribution in [0.5, 0.6) is 5.75 Å². The van der Waals surface area contributed by atoms with Gasteiger partial charge in [-0.2, -0.15) is 0 Å². The first-order valence-corrected chi connectivity index (χ1v) is 11.8. The highest BCUT2D eigenvalue weighted by molar-refractivity contribution is 9.10. The molecule has 0 radical (unpaired) electrons. The van der Waals surface area contributed by atoms with E-state index >= 15 is 0 Å². The van der Waals surface area contributed by atoms with Crippen molar-refractivity contribution in [3.8, 4) is 5.75 Å². The van der Waals surface area contributed by atoms with Gasteiger partial charge < -0.3 is 15.0 Å². The van der Waals surface area contributed by atoms with Gasteiger partial charge in [-0.05, 0) is 56.0 Å². The lowest BCUT2D eigenvalue weighted by Gasteiger charge is -2.31. The van der Waals surface area contributed by atoms with Crippen molar-refractivity contribution in [3.63, 3.8) is 0 Å². The fourth-order valence-electron chi connectivity index (χ4n) is 3.88. The molecule has 31 heavy (non-hydrogen) atoms. The van der Waals surface area contributed by atoms with Crippen molar-refractivity contribution in [1.29, 1.82) is 0 Å². The SMILES string of the molecule is Cc1ccccc1OCC(=O)N(Cc1ccc(Br)cc1)[C@@H](C)C(=O)NC1CCCCC1. The Morgan fingerprint density at radius 2 is 1.77 bits per heavy atom. The molecule has 166 valence electrons. The van der Waals surface area contributed by atoms with Gasteiger partial charge in [0.25, 0.3) is 5.91 Å². The van der Waals surface area contributed by atoms with Gasteiger partial charge in [-0.1, -0.05) is 65.5 Å². The van der Waals surface area contributed by atoms with E-state index in [9.17, 15) is 9.59 Å². The summed E-state index contributed by atoms with van der Waals surface area (Å²) in [7, 11) is 0. The van der Waals surface area contributed by atoms with Crippen LogP contribution in [0.4, 0.5) is 0 Å². The maximum absolute atomic E-state index is 13.1. The molecule has 5 nitrogen and oxygen atoms in total. The summed E-state index contributed by atoms with van der Waals surface area (Å²) in [5.41, 5.74) is 1.93. The number of para-hydroxylation sites is 1. The van der Waals surface area contributed by atoms with Crippen LogP contribution in [0.25, 0.3) is 0 Å². The summed E-state index contributed by atoms with van der Waals surface area (Å²) < 4.78 is 6.76.